The van der Waals surface area contributed by atoms with Gasteiger partial charge in [-0.1, -0.05) is 12.1 Å². The van der Waals surface area contributed by atoms with Crippen molar-refractivity contribution in [1.29, 1.82) is 0 Å². The predicted octanol–water partition coefficient (Wildman–Crippen LogP) is 2.42. The van der Waals surface area contributed by atoms with Crippen LogP contribution >= 0.6 is 0 Å². The third-order valence-corrected chi connectivity index (χ3v) is 5.51. The first kappa shape index (κ1) is 25.4. The minimum atomic E-state index is -0.656. The Kier molecular flexibility index (Phi) is 8.75. The molecule has 3 amide bonds. The third-order valence-electron chi connectivity index (χ3n) is 5.51. The van der Waals surface area contributed by atoms with Gasteiger partial charge >= 0.3 is 18.1 Å². The molecule has 3 rings (SSSR count). The fourth-order valence-corrected chi connectivity index (χ4v) is 3.98. The Morgan fingerprint density at radius 3 is 2.26 bits per heavy atom. The number of nitrogens with zero attached hydrogens (tertiary/aromatic N) is 2. The summed E-state index contributed by atoms with van der Waals surface area (Å²) in [5.74, 6) is 0.225. The van der Waals surface area contributed by atoms with E-state index in [1.54, 1.807) is 18.7 Å². The predicted molar refractivity (Wildman–Crippen MR) is 125 cm³/mol. The number of hydrogen-bond acceptors (Lipinski definition) is 7. The molecule has 2 heterocycles. The molecule has 0 saturated carbocycles. The van der Waals surface area contributed by atoms with Crippen molar-refractivity contribution in [3.05, 3.63) is 41.1 Å². The molecule has 1 fully saturated rings. The highest BCUT2D eigenvalue weighted by Gasteiger charge is 2.35. The van der Waals surface area contributed by atoms with Crippen LogP contribution in [0.1, 0.15) is 39.3 Å². The van der Waals surface area contributed by atoms with E-state index in [0.717, 1.165) is 5.56 Å². The Bertz CT molecular complexity index is 907. The monoisotopic (exact) mass is 474 g/mol. The summed E-state index contributed by atoms with van der Waals surface area (Å²) in [5, 5.41) is 5.65. The van der Waals surface area contributed by atoms with Gasteiger partial charge < -0.3 is 29.7 Å². The summed E-state index contributed by atoms with van der Waals surface area (Å²) >= 11 is 0. The number of urea groups is 1. The fourth-order valence-electron chi connectivity index (χ4n) is 3.98. The average Bonchev–Trinajstić information content (AvgIpc) is 2.79. The van der Waals surface area contributed by atoms with Crippen LogP contribution in [0.15, 0.2) is 35.5 Å². The van der Waals surface area contributed by atoms with Crippen LogP contribution in [0.3, 0.4) is 0 Å². The maximum Gasteiger partial charge on any atom is 0.409 e. The van der Waals surface area contributed by atoms with Gasteiger partial charge in [0, 0.05) is 38.4 Å². The van der Waals surface area contributed by atoms with E-state index in [0.29, 0.717) is 56.4 Å². The Balaban J connectivity index is 1.82. The van der Waals surface area contributed by atoms with Crippen LogP contribution in [0.4, 0.5) is 9.59 Å². The summed E-state index contributed by atoms with van der Waals surface area (Å²) in [7, 11) is 0. The zero-order valence-corrected chi connectivity index (χ0v) is 20.3. The van der Waals surface area contributed by atoms with Gasteiger partial charge in [0.2, 0.25) is 0 Å². The van der Waals surface area contributed by atoms with Crippen LogP contribution in [-0.4, -0.2) is 79.9 Å². The molecule has 0 spiro atoms. The van der Waals surface area contributed by atoms with E-state index in [1.807, 2.05) is 38.1 Å². The lowest BCUT2D eigenvalue weighted by Gasteiger charge is -2.36. The first-order chi connectivity index (χ1) is 16.3. The molecular weight excluding hydrogens is 440 g/mol. The first-order valence-corrected chi connectivity index (χ1v) is 11.7. The van der Waals surface area contributed by atoms with Crippen molar-refractivity contribution >= 4 is 18.1 Å². The van der Waals surface area contributed by atoms with E-state index in [2.05, 4.69) is 15.5 Å². The molecule has 1 atom stereocenters. The lowest BCUT2D eigenvalue weighted by molar-refractivity contribution is -0.139. The van der Waals surface area contributed by atoms with E-state index in [1.165, 1.54) is 0 Å². The van der Waals surface area contributed by atoms with E-state index in [4.69, 9.17) is 14.2 Å². The van der Waals surface area contributed by atoms with E-state index in [9.17, 15) is 14.4 Å². The second-order valence-electron chi connectivity index (χ2n) is 8.34. The Labute approximate surface area is 200 Å². The van der Waals surface area contributed by atoms with Crippen LogP contribution in [0.2, 0.25) is 0 Å². The van der Waals surface area contributed by atoms with Crippen LogP contribution in [0.25, 0.3) is 0 Å². The molecule has 1 aromatic rings. The number of rotatable bonds is 8. The topological polar surface area (TPSA) is 109 Å². The molecule has 0 aliphatic carbocycles. The summed E-state index contributed by atoms with van der Waals surface area (Å²) < 4.78 is 16.1. The molecular formula is C24H34N4O6. The highest BCUT2D eigenvalue weighted by Crippen LogP contribution is 2.29. The number of ether oxygens (including phenoxy) is 3. The molecule has 34 heavy (non-hydrogen) atoms. The Morgan fingerprint density at radius 1 is 1.03 bits per heavy atom. The van der Waals surface area contributed by atoms with Crippen molar-refractivity contribution in [2.45, 2.75) is 39.8 Å². The van der Waals surface area contributed by atoms with Crippen molar-refractivity contribution in [3.8, 4) is 5.75 Å². The average molecular weight is 475 g/mol. The van der Waals surface area contributed by atoms with Crippen molar-refractivity contribution in [2.75, 3.05) is 45.9 Å². The summed E-state index contributed by atoms with van der Waals surface area (Å²) in [6, 6.07) is 6.27. The SMILES string of the molecule is CCOC(=O)C1=C(CN2CCN(C(=O)OCC)CC2)NC(=O)N[C@@H]1c1ccc(OC(C)C)cc1. The molecule has 10 nitrogen and oxygen atoms in total. The maximum atomic E-state index is 13.0. The number of piperazine rings is 1. The van der Waals surface area contributed by atoms with Gasteiger partial charge in [-0.05, 0) is 45.4 Å². The van der Waals surface area contributed by atoms with Gasteiger partial charge in [0.25, 0.3) is 0 Å². The third kappa shape index (κ3) is 6.40. The smallest absolute Gasteiger partial charge is 0.409 e. The zero-order chi connectivity index (χ0) is 24.7. The minimum absolute atomic E-state index is 0.0373. The molecule has 2 aliphatic heterocycles. The van der Waals surface area contributed by atoms with Gasteiger partial charge in [0.05, 0.1) is 30.9 Å². The summed E-state index contributed by atoms with van der Waals surface area (Å²) in [5.41, 5.74) is 1.62. The van der Waals surface area contributed by atoms with Gasteiger partial charge in [0.15, 0.2) is 0 Å². The summed E-state index contributed by atoms with van der Waals surface area (Å²) in [6.07, 6.45) is -0.288. The van der Waals surface area contributed by atoms with Gasteiger partial charge in [-0.3, -0.25) is 4.90 Å². The molecule has 2 N–H and O–H groups in total. The molecule has 1 aromatic carbocycles. The van der Waals surface area contributed by atoms with Gasteiger partial charge in [-0.25, -0.2) is 14.4 Å². The molecule has 0 bridgehead atoms. The zero-order valence-electron chi connectivity index (χ0n) is 20.3. The van der Waals surface area contributed by atoms with Crippen LogP contribution in [0.5, 0.6) is 5.75 Å². The Morgan fingerprint density at radius 2 is 1.68 bits per heavy atom. The number of esters is 1. The summed E-state index contributed by atoms with van der Waals surface area (Å²) in [6.45, 7) is 10.5. The normalized spacial score (nSPS) is 18.9. The van der Waals surface area contributed by atoms with Gasteiger partial charge in [-0.15, -0.1) is 0 Å². The number of hydrogen-bond donors (Lipinski definition) is 2. The first-order valence-electron chi connectivity index (χ1n) is 11.7. The molecule has 0 unspecified atom stereocenters. The summed E-state index contributed by atoms with van der Waals surface area (Å²) in [4.78, 5) is 41.2. The van der Waals surface area contributed by atoms with Crippen molar-refractivity contribution in [1.82, 2.24) is 20.4 Å². The molecule has 186 valence electrons. The number of amides is 3. The van der Waals surface area contributed by atoms with Crippen LogP contribution in [-0.2, 0) is 14.3 Å². The number of carbonyl (C=O) groups excluding carboxylic acids is 3. The molecule has 1 saturated heterocycles. The lowest BCUT2D eigenvalue weighted by atomic mass is 9.94. The number of benzene rings is 1. The van der Waals surface area contributed by atoms with Crippen molar-refractivity contribution in [3.63, 3.8) is 0 Å². The van der Waals surface area contributed by atoms with Crippen molar-refractivity contribution in [2.24, 2.45) is 0 Å². The number of nitrogens with one attached hydrogen (secondary N) is 2. The molecule has 0 radical (unpaired) electrons. The highest BCUT2D eigenvalue weighted by molar-refractivity contribution is 5.95. The maximum absolute atomic E-state index is 13.0. The standard InChI is InChI=1S/C24H34N4O6/c1-5-32-22(29)20-19(15-27-11-13-28(14-12-27)24(31)33-6-2)25-23(30)26-21(20)17-7-9-18(10-8-17)34-16(3)4/h7-10,16,21H,5-6,11-15H2,1-4H3,(H2,25,26,30)/t21-/m1/s1. The van der Waals surface area contributed by atoms with E-state index < -0.39 is 12.0 Å². The fraction of sp³-hybridized carbons (Fsp3) is 0.542. The highest BCUT2D eigenvalue weighted by atomic mass is 16.6. The second kappa shape index (κ2) is 11.7. The lowest BCUT2D eigenvalue weighted by Crippen LogP contribution is -2.52. The quantitative estimate of drug-likeness (QED) is 0.557. The van der Waals surface area contributed by atoms with Crippen molar-refractivity contribution < 1.29 is 28.6 Å². The van der Waals surface area contributed by atoms with E-state index in [-0.39, 0.29) is 24.8 Å². The van der Waals surface area contributed by atoms with E-state index >= 15 is 0 Å². The molecule has 0 aromatic heterocycles. The Hall–Kier alpha value is -3.27. The van der Waals surface area contributed by atoms with Crippen LogP contribution in [0, 0.1) is 0 Å². The molecule has 2 aliphatic rings. The van der Waals surface area contributed by atoms with Gasteiger partial charge in [-0.2, -0.15) is 0 Å². The van der Waals surface area contributed by atoms with Crippen LogP contribution < -0.4 is 15.4 Å². The molecule has 10 heteroatoms. The number of carbonyl (C=O) groups is 3. The second-order valence-corrected chi connectivity index (χ2v) is 8.34. The minimum Gasteiger partial charge on any atom is -0.491 e. The van der Waals surface area contributed by atoms with Gasteiger partial charge in [0.1, 0.15) is 5.75 Å². The largest absolute Gasteiger partial charge is 0.491 e.